The van der Waals surface area contributed by atoms with E-state index in [0.29, 0.717) is 28.2 Å². The number of benzene rings is 2. The average molecular weight is 365 g/mol. The minimum Gasteiger partial charge on any atom is -0.623 e. The molecule has 3 rings (SSSR count). The summed E-state index contributed by atoms with van der Waals surface area (Å²) in [6.07, 6.45) is 0. The zero-order chi connectivity index (χ0) is 19.6. The average Bonchev–Trinajstić information content (AvgIpc) is 3.02. The molecule has 0 heterocycles. The number of ether oxygens (including phenoxy) is 2. The number of rotatable bonds is 5. The largest absolute Gasteiger partial charge is 0.623 e. The lowest BCUT2D eigenvalue weighted by Crippen LogP contribution is -2.27. The predicted molar refractivity (Wildman–Crippen MR) is 105 cm³/mol. The summed E-state index contributed by atoms with van der Waals surface area (Å²) in [6, 6.07) is 14.8. The van der Waals surface area contributed by atoms with Crippen LogP contribution in [0.5, 0.6) is 5.75 Å². The zero-order valence-corrected chi connectivity index (χ0v) is 16.0. The molecule has 0 N–H and O–H groups in total. The highest BCUT2D eigenvalue weighted by Crippen LogP contribution is 2.40. The molecule has 0 radical (unpaired) electrons. The van der Waals surface area contributed by atoms with Gasteiger partial charge in [0.15, 0.2) is 6.04 Å². The van der Waals surface area contributed by atoms with Crippen LogP contribution in [0.3, 0.4) is 0 Å². The van der Waals surface area contributed by atoms with Crippen molar-refractivity contribution in [2.45, 2.75) is 26.8 Å². The van der Waals surface area contributed by atoms with Crippen molar-refractivity contribution in [2.75, 3.05) is 13.7 Å². The summed E-state index contributed by atoms with van der Waals surface area (Å²) in [4.78, 5) is 12.9. The van der Waals surface area contributed by atoms with E-state index in [1.807, 2.05) is 42.5 Å². The molecule has 1 aliphatic rings. The summed E-state index contributed by atoms with van der Waals surface area (Å²) in [6.45, 7) is 5.58. The first-order valence-corrected chi connectivity index (χ1v) is 8.98. The molecule has 5 nitrogen and oxygen atoms in total. The first kappa shape index (κ1) is 18.7. The van der Waals surface area contributed by atoms with E-state index in [2.05, 4.69) is 0 Å². The molecule has 2 aromatic carbocycles. The van der Waals surface area contributed by atoms with E-state index in [1.165, 1.54) is 0 Å². The van der Waals surface area contributed by atoms with E-state index < -0.39 is 5.97 Å². The van der Waals surface area contributed by atoms with Crippen LogP contribution in [-0.2, 0) is 9.53 Å². The van der Waals surface area contributed by atoms with Gasteiger partial charge in [-0.3, -0.25) is 0 Å². The summed E-state index contributed by atoms with van der Waals surface area (Å²) >= 11 is 0. The Balaban J connectivity index is 2.39. The SMILES string of the molecule is CCOC(=O)C1=C(c2ccccc2)c2ccc(OC)cc2/C1=[N+](\[O-])C(C)C. The van der Waals surface area contributed by atoms with E-state index in [-0.39, 0.29) is 12.6 Å². The molecule has 2 aromatic rings. The van der Waals surface area contributed by atoms with Crippen molar-refractivity contribution in [2.24, 2.45) is 0 Å². The maximum Gasteiger partial charge on any atom is 0.345 e. The highest BCUT2D eigenvalue weighted by molar-refractivity contribution is 6.35. The van der Waals surface area contributed by atoms with Crippen molar-refractivity contribution in [1.82, 2.24) is 0 Å². The van der Waals surface area contributed by atoms with Gasteiger partial charge in [0.2, 0.25) is 5.71 Å². The molecule has 5 heteroatoms. The molecule has 0 fully saturated rings. The third-order valence-electron chi connectivity index (χ3n) is 4.47. The number of hydrogen-bond donors (Lipinski definition) is 0. The fraction of sp³-hybridized carbons (Fsp3) is 0.273. The molecule has 0 bridgehead atoms. The van der Waals surface area contributed by atoms with E-state index in [1.54, 1.807) is 33.9 Å². The number of carbonyl (C=O) groups excluding carboxylic acids is 1. The van der Waals surface area contributed by atoms with Crippen LogP contribution >= 0.6 is 0 Å². The first-order chi connectivity index (χ1) is 13.0. The Morgan fingerprint density at radius 1 is 1.11 bits per heavy atom. The van der Waals surface area contributed by atoms with E-state index in [0.717, 1.165) is 15.9 Å². The Kier molecular flexibility index (Phi) is 5.31. The van der Waals surface area contributed by atoms with Gasteiger partial charge in [0, 0.05) is 5.57 Å². The summed E-state index contributed by atoms with van der Waals surface area (Å²) in [7, 11) is 1.57. The second-order valence-electron chi connectivity index (χ2n) is 6.52. The lowest BCUT2D eigenvalue weighted by Gasteiger charge is -2.14. The Morgan fingerprint density at radius 3 is 2.41 bits per heavy atom. The van der Waals surface area contributed by atoms with Gasteiger partial charge < -0.3 is 14.7 Å². The maximum atomic E-state index is 13.0. The number of methoxy groups -OCH3 is 1. The maximum absolute atomic E-state index is 13.0. The van der Waals surface area contributed by atoms with Crippen LogP contribution in [0.4, 0.5) is 0 Å². The van der Waals surface area contributed by atoms with Crippen molar-refractivity contribution < 1.29 is 19.0 Å². The molecule has 0 unspecified atom stereocenters. The van der Waals surface area contributed by atoms with Crippen LogP contribution in [0.25, 0.3) is 5.57 Å². The van der Waals surface area contributed by atoms with Gasteiger partial charge in [-0.15, -0.1) is 0 Å². The molecule has 0 spiro atoms. The number of nitrogens with zero attached hydrogens (tertiary/aromatic N) is 1. The Bertz CT molecular complexity index is 927. The number of carbonyl (C=O) groups is 1. The van der Waals surface area contributed by atoms with Gasteiger partial charge in [-0.2, -0.15) is 0 Å². The van der Waals surface area contributed by atoms with E-state index in [4.69, 9.17) is 9.47 Å². The van der Waals surface area contributed by atoms with Crippen LogP contribution in [0.2, 0.25) is 0 Å². The molecule has 140 valence electrons. The Labute approximate surface area is 159 Å². The number of hydrogen-bond acceptors (Lipinski definition) is 4. The second-order valence-corrected chi connectivity index (χ2v) is 6.52. The van der Waals surface area contributed by atoms with E-state index >= 15 is 0 Å². The third-order valence-corrected chi connectivity index (χ3v) is 4.47. The number of hydroxylamine groups is 1. The smallest absolute Gasteiger partial charge is 0.345 e. The second kappa shape index (κ2) is 7.66. The lowest BCUT2D eigenvalue weighted by molar-refractivity contribution is -0.491. The highest BCUT2D eigenvalue weighted by Gasteiger charge is 2.39. The van der Waals surface area contributed by atoms with Crippen LogP contribution in [0.1, 0.15) is 37.5 Å². The van der Waals surface area contributed by atoms with Crippen molar-refractivity contribution in [3.63, 3.8) is 0 Å². The molecule has 0 atom stereocenters. The fourth-order valence-corrected chi connectivity index (χ4v) is 3.25. The minimum atomic E-state index is -0.497. The molecule has 1 aliphatic carbocycles. The van der Waals surface area contributed by atoms with Crippen molar-refractivity contribution in [1.29, 1.82) is 0 Å². The number of esters is 1. The molecular formula is C22H23NO4. The summed E-state index contributed by atoms with van der Waals surface area (Å²) in [5.41, 5.74) is 3.70. The Hall–Kier alpha value is -3.08. The molecule has 0 saturated carbocycles. The van der Waals surface area contributed by atoms with Crippen LogP contribution in [0.15, 0.2) is 54.1 Å². The molecule has 0 aromatic heterocycles. The Morgan fingerprint density at radius 2 is 1.81 bits per heavy atom. The van der Waals surface area contributed by atoms with Crippen molar-refractivity contribution in [3.05, 3.63) is 76.0 Å². The summed E-state index contributed by atoms with van der Waals surface area (Å²) in [5, 5.41) is 13.0. The fourth-order valence-electron chi connectivity index (χ4n) is 3.25. The topological polar surface area (TPSA) is 61.6 Å². The van der Waals surface area contributed by atoms with Gasteiger partial charge in [-0.25, -0.2) is 9.53 Å². The first-order valence-electron chi connectivity index (χ1n) is 8.98. The van der Waals surface area contributed by atoms with Gasteiger partial charge >= 0.3 is 5.97 Å². The standard InChI is InChI=1S/C22H23NO4/c1-5-27-22(24)20-19(15-9-7-6-8-10-15)17-12-11-16(26-4)13-18(17)21(20)23(25)14(2)3/h6-14H,5H2,1-4H3/b23-21+. The molecule has 0 amide bonds. The highest BCUT2D eigenvalue weighted by atomic mass is 16.5. The molecule has 27 heavy (non-hydrogen) atoms. The van der Waals surface area contributed by atoms with Gasteiger partial charge in [0.25, 0.3) is 0 Å². The van der Waals surface area contributed by atoms with Crippen molar-refractivity contribution in [3.8, 4) is 5.75 Å². The quantitative estimate of drug-likeness (QED) is 0.350. The normalized spacial score (nSPS) is 15.0. The predicted octanol–water partition coefficient (Wildman–Crippen LogP) is 3.78. The van der Waals surface area contributed by atoms with Crippen LogP contribution < -0.4 is 4.74 Å². The summed E-state index contributed by atoms with van der Waals surface area (Å²) in [5.74, 6) is 0.129. The van der Waals surface area contributed by atoms with Crippen LogP contribution in [-0.4, -0.2) is 36.2 Å². The lowest BCUT2D eigenvalue weighted by atomic mass is 9.97. The van der Waals surface area contributed by atoms with Gasteiger partial charge in [0.05, 0.1) is 19.3 Å². The van der Waals surface area contributed by atoms with Gasteiger partial charge in [0.1, 0.15) is 11.3 Å². The van der Waals surface area contributed by atoms with Crippen LogP contribution in [0, 0.1) is 5.21 Å². The van der Waals surface area contributed by atoms with Crippen molar-refractivity contribution >= 4 is 17.3 Å². The molecule has 0 saturated heterocycles. The monoisotopic (exact) mass is 365 g/mol. The number of fused-ring (bicyclic) bond motifs is 1. The van der Waals surface area contributed by atoms with Gasteiger partial charge in [-0.05, 0) is 50.1 Å². The molecular weight excluding hydrogens is 342 g/mol. The minimum absolute atomic E-state index is 0.234. The third kappa shape index (κ3) is 3.33. The molecule has 0 aliphatic heterocycles. The van der Waals surface area contributed by atoms with Gasteiger partial charge in [-0.1, -0.05) is 30.3 Å². The summed E-state index contributed by atoms with van der Waals surface area (Å²) < 4.78 is 11.5. The zero-order valence-electron chi connectivity index (χ0n) is 16.0. The van der Waals surface area contributed by atoms with E-state index in [9.17, 15) is 10.0 Å².